The predicted molar refractivity (Wildman–Crippen MR) is 84.0 cm³/mol. The van der Waals surface area contributed by atoms with E-state index >= 15 is 0 Å². The summed E-state index contributed by atoms with van der Waals surface area (Å²) in [6.07, 6.45) is 0.839. The van der Waals surface area contributed by atoms with Crippen molar-refractivity contribution in [3.63, 3.8) is 0 Å². The third-order valence-electron chi connectivity index (χ3n) is 3.56. The molecule has 1 heterocycles. The van der Waals surface area contributed by atoms with Crippen LogP contribution in [0.4, 0.5) is 5.69 Å². The zero-order valence-corrected chi connectivity index (χ0v) is 14.1. The van der Waals surface area contributed by atoms with E-state index in [1.54, 1.807) is 16.4 Å². The highest BCUT2D eigenvalue weighted by molar-refractivity contribution is 9.10. The number of rotatable bonds is 2. The number of hydrogen-bond donors (Lipinski definition) is 1. The van der Waals surface area contributed by atoms with Gasteiger partial charge in [-0.1, -0.05) is 0 Å². The molecule has 0 aromatic heterocycles. The Labute approximate surface area is 128 Å². The zero-order valence-electron chi connectivity index (χ0n) is 11.7. The van der Waals surface area contributed by atoms with E-state index in [0.29, 0.717) is 16.7 Å². The van der Waals surface area contributed by atoms with Crippen LogP contribution in [0.25, 0.3) is 0 Å². The van der Waals surface area contributed by atoms with Gasteiger partial charge in [-0.2, -0.15) is 4.31 Å². The second-order valence-electron chi connectivity index (χ2n) is 5.26. The quantitative estimate of drug-likeness (QED) is 0.814. The molecule has 1 aromatic rings. The van der Waals surface area contributed by atoms with E-state index < -0.39 is 10.0 Å². The predicted octanol–water partition coefficient (Wildman–Crippen LogP) is 1.75. The monoisotopic (exact) mass is 361 g/mol. The van der Waals surface area contributed by atoms with Crippen LogP contribution >= 0.6 is 15.9 Å². The van der Waals surface area contributed by atoms with E-state index in [9.17, 15) is 8.42 Å². The molecule has 2 N–H and O–H groups in total. The first-order valence-electron chi connectivity index (χ1n) is 6.58. The molecule has 1 fully saturated rings. The summed E-state index contributed by atoms with van der Waals surface area (Å²) in [7, 11) is -1.47. The standard InChI is InChI=1S/C13H20BrN3O2S/c1-10-9-16(2)6-3-7-17(10)20(18,19)11-4-5-12(14)13(15)8-11/h4-5,8,10H,3,6-7,9,15H2,1-2H3. The second kappa shape index (κ2) is 6.01. The third kappa shape index (κ3) is 3.16. The van der Waals surface area contributed by atoms with Gasteiger partial charge in [-0.05, 0) is 61.1 Å². The number of nitrogens with two attached hydrogens (primary N) is 1. The van der Waals surface area contributed by atoms with E-state index in [1.165, 1.54) is 6.07 Å². The Morgan fingerprint density at radius 3 is 2.70 bits per heavy atom. The van der Waals surface area contributed by atoms with Gasteiger partial charge in [-0.25, -0.2) is 8.42 Å². The summed E-state index contributed by atoms with van der Waals surface area (Å²) in [4.78, 5) is 2.42. The van der Waals surface area contributed by atoms with E-state index in [2.05, 4.69) is 20.8 Å². The van der Waals surface area contributed by atoms with Crippen molar-refractivity contribution in [2.45, 2.75) is 24.3 Å². The van der Waals surface area contributed by atoms with Crippen LogP contribution in [0.1, 0.15) is 13.3 Å². The molecule has 0 bridgehead atoms. The normalized spacial score (nSPS) is 22.6. The molecular formula is C13H20BrN3O2S. The molecule has 7 heteroatoms. The molecule has 0 radical (unpaired) electrons. The van der Waals surface area contributed by atoms with Crippen molar-refractivity contribution in [3.05, 3.63) is 22.7 Å². The van der Waals surface area contributed by atoms with Crippen molar-refractivity contribution >= 4 is 31.6 Å². The fraction of sp³-hybridized carbons (Fsp3) is 0.538. The van der Waals surface area contributed by atoms with E-state index in [4.69, 9.17) is 5.73 Å². The number of likely N-dealkylation sites (N-methyl/N-ethyl adjacent to an activating group) is 1. The maximum absolute atomic E-state index is 12.8. The highest BCUT2D eigenvalue weighted by Crippen LogP contribution is 2.26. The molecule has 0 saturated carbocycles. The number of benzene rings is 1. The number of halogens is 1. The fourth-order valence-corrected chi connectivity index (χ4v) is 4.47. The lowest BCUT2D eigenvalue weighted by Gasteiger charge is -2.27. The first-order chi connectivity index (χ1) is 9.32. The molecule has 5 nitrogen and oxygen atoms in total. The van der Waals surface area contributed by atoms with E-state index in [1.807, 2.05) is 14.0 Å². The summed E-state index contributed by atoms with van der Waals surface area (Å²) in [6.45, 7) is 4.15. The molecule has 1 aliphatic heterocycles. The summed E-state index contributed by atoms with van der Waals surface area (Å²) in [5, 5.41) is 0. The Kier molecular flexibility index (Phi) is 4.73. The molecule has 112 valence electrons. The van der Waals surface area contributed by atoms with Crippen LogP contribution in [0, 0.1) is 0 Å². The Morgan fingerprint density at radius 2 is 2.05 bits per heavy atom. The van der Waals surface area contributed by atoms with Gasteiger partial charge in [-0.15, -0.1) is 0 Å². The van der Waals surface area contributed by atoms with E-state index in [0.717, 1.165) is 19.5 Å². The third-order valence-corrected chi connectivity index (χ3v) is 6.29. The number of nitrogen functional groups attached to an aromatic ring is 1. The highest BCUT2D eigenvalue weighted by atomic mass is 79.9. The van der Waals surface area contributed by atoms with Gasteiger partial charge in [0.05, 0.1) is 4.90 Å². The van der Waals surface area contributed by atoms with Gasteiger partial charge in [0.15, 0.2) is 0 Å². The Hall–Kier alpha value is -0.630. The van der Waals surface area contributed by atoms with Crippen molar-refractivity contribution in [1.82, 2.24) is 9.21 Å². The molecule has 0 spiro atoms. The minimum absolute atomic E-state index is 0.0441. The Morgan fingerprint density at radius 1 is 1.35 bits per heavy atom. The molecule has 20 heavy (non-hydrogen) atoms. The van der Waals surface area contributed by atoms with Gasteiger partial charge >= 0.3 is 0 Å². The SMILES string of the molecule is CC1CN(C)CCCN1S(=O)(=O)c1ccc(Br)c(N)c1. The van der Waals surface area contributed by atoms with Crippen molar-refractivity contribution in [1.29, 1.82) is 0 Å². The van der Waals surface area contributed by atoms with Gasteiger partial charge in [0, 0.05) is 29.3 Å². The lowest BCUT2D eigenvalue weighted by atomic mass is 10.3. The van der Waals surface area contributed by atoms with Crippen molar-refractivity contribution in [2.75, 3.05) is 32.4 Å². The minimum atomic E-state index is -3.49. The summed E-state index contributed by atoms with van der Waals surface area (Å²) < 4.78 is 27.8. The van der Waals surface area contributed by atoms with Gasteiger partial charge < -0.3 is 10.6 Å². The van der Waals surface area contributed by atoms with E-state index in [-0.39, 0.29) is 10.9 Å². The average Bonchev–Trinajstić information content (AvgIpc) is 2.53. The molecule has 1 atom stereocenters. The van der Waals surface area contributed by atoms with Gasteiger partial charge in [0.1, 0.15) is 0 Å². The van der Waals surface area contributed by atoms with Crippen LogP contribution in [0.5, 0.6) is 0 Å². The Balaban J connectivity index is 2.35. The molecule has 1 unspecified atom stereocenters. The van der Waals surface area contributed by atoms with Crippen molar-refractivity contribution in [2.24, 2.45) is 0 Å². The van der Waals surface area contributed by atoms with Gasteiger partial charge in [0.2, 0.25) is 10.0 Å². The summed E-state index contributed by atoms with van der Waals surface area (Å²) in [5.41, 5.74) is 6.23. The molecule has 1 saturated heterocycles. The smallest absolute Gasteiger partial charge is 0.243 e. The number of nitrogens with zero attached hydrogens (tertiary/aromatic N) is 2. The zero-order chi connectivity index (χ0) is 14.9. The van der Waals surface area contributed by atoms with Crippen molar-refractivity contribution in [3.8, 4) is 0 Å². The summed E-state index contributed by atoms with van der Waals surface area (Å²) in [5.74, 6) is 0. The van der Waals surface area contributed by atoms with Crippen LogP contribution in [-0.4, -0.2) is 50.3 Å². The van der Waals surface area contributed by atoms with Gasteiger partial charge in [-0.3, -0.25) is 0 Å². The largest absolute Gasteiger partial charge is 0.398 e. The van der Waals surface area contributed by atoms with Crippen molar-refractivity contribution < 1.29 is 8.42 Å². The topological polar surface area (TPSA) is 66.6 Å². The highest BCUT2D eigenvalue weighted by Gasteiger charge is 2.31. The molecular weight excluding hydrogens is 342 g/mol. The fourth-order valence-electron chi connectivity index (χ4n) is 2.53. The Bertz CT molecular complexity index is 591. The molecule has 1 aromatic carbocycles. The average molecular weight is 362 g/mol. The van der Waals surface area contributed by atoms with Crippen LogP contribution in [0.15, 0.2) is 27.6 Å². The molecule has 1 aliphatic rings. The maximum Gasteiger partial charge on any atom is 0.243 e. The molecule has 2 rings (SSSR count). The minimum Gasteiger partial charge on any atom is -0.398 e. The first kappa shape index (κ1) is 15.8. The second-order valence-corrected chi connectivity index (χ2v) is 8.01. The summed E-state index contributed by atoms with van der Waals surface area (Å²) in [6, 6.07) is 4.74. The number of hydrogen-bond acceptors (Lipinski definition) is 4. The summed E-state index contributed by atoms with van der Waals surface area (Å²) >= 11 is 3.28. The molecule has 0 aliphatic carbocycles. The first-order valence-corrected chi connectivity index (χ1v) is 8.81. The number of sulfonamides is 1. The van der Waals surface area contributed by atoms with Gasteiger partial charge in [0.25, 0.3) is 0 Å². The van der Waals surface area contributed by atoms with Crippen LogP contribution in [0.2, 0.25) is 0 Å². The molecule has 0 amide bonds. The lowest BCUT2D eigenvalue weighted by molar-refractivity contribution is 0.290. The van der Waals surface area contributed by atoms with Crippen LogP contribution in [-0.2, 0) is 10.0 Å². The van der Waals surface area contributed by atoms with Crippen LogP contribution in [0.3, 0.4) is 0 Å². The number of anilines is 1. The lowest BCUT2D eigenvalue weighted by Crippen LogP contribution is -2.41. The maximum atomic E-state index is 12.8. The van der Waals surface area contributed by atoms with Crippen LogP contribution < -0.4 is 5.73 Å².